The molecule has 0 heterocycles. The average molecular weight is 223 g/mol. The van der Waals surface area contributed by atoms with Gasteiger partial charge in [0.15, 0.2) is 0 Å². The summed E-state index contributed by atoms with van der Waals surface area (Å²) in [4.78, 5) is 21.7. The first-order valence-corrected chi connectivity index (χ1v) is 4.84. The number of carbonyl (C=O) groups excluding carboxylic acids is 2. The highest BCUT2D eigenvalue weighted by molar-refractivity contribution is 5.84. The minimum absolute atomic E-state index is 0.317. The van der Waals surface area contributed by atoms with Crippen molar-refractivity contribution in [2.45, 2.75) is 13.8 Å². The van der Waals surface area contributed by atoms with E-state index in [9.17, 15) is 9.59 Å². The molecule has 5 heteroatoms. The van der Waals surface area contributed by atoms with Crippen LogP contribution in [-0.4, -0.2) is 18.7 Å². The first kappa shape index (κ1) is 12.0. The molecule has 1 N–H and O–H groups in total. The predicted molar refractivity (Wildman–Crippen MR) is 58.4 cm³/mol. The molecule has 86 valence electrons. The van der Waals surface area contributed by atoms with Crippen LogP contribution in [0.5, 0.6) is 5.75 Å². The molecule has 0 spiro atoms. The Kier molecular flexibility index (Phi) is 4.32. The van der Waals surface area contributed by atoms with Gasteiger partial charge in [0.05, 0.1) is 6.61 Å². The van der Waals surface area contributed by atoms with Gasteiger partial charge in [-0.1, -0.05) is 0 Å². The van der Waals surface area contributed by atoms with Gasteiger partial charge in [-0.25, -0.2) is 4.79 Å². The van der Waals surface area contributed by atoms with E-state index < -0.39 is 6.09 Å². The largest absolute Gasteiger partial charge is 0.450 e. The number of carbonyl (C=O) groups is 2. The third-order valence-corrected chi connectivity index (χ3v) is 1.64. The number of hydrogen-bond donors (Lipinski definition) is 1. The van der Waals surface area contributed by atoms with Crippen LogP contribution < -0.4 is 10.1 Å². The third kappa shape index (κ3) is 4.00. The molecule has 0 fully saturated rings. The van der Waals surface area contributed by atoms with Crippen LogP contribution in [0, 0.1) is 0 Å². The molecule has 16 heavy (non-hydrogen) atoms. The highest BCUT2D eigenvalue weighted by Crippen LogP contribution is 2.15. The SMILES string of the molecule is CCOC(=O)Nc1ccc(OC(C)=O)cc1. The lowest BCUT2D eigenvalue weighted by Crippen LogP contribution is -2.13. The lowest BCUT2D eigenvalue weighted by molar-refractivity contribution is -0.131. The Morgan fingerprint density at radius 3 is 2.38 bits per heavy atom. The topological polar surface area (TPSA) is 64.6 Å². The Morgan fingerprint density at radius 2 is 1.88 bits per heavy atom. The molecule has 0 aliphatic heterocycles. The molecule has 0 saturated carbocycles. The van der Waals surface area contributed by atoms with Gasteiger partial charge >= 0.3 is 12.1 Å². The summed E-state index contributed by atoms with van der Waals surface area (Å²) in [6.07, 6.45) is -0.511. The van der Waals surface area contributed by atoms with Crippen molar-refractivity contribution in [1.29, 1.82) is 0 Å². The summed E-state index contributed by atoms with van der Waals surface area (Å²) < 4.78 is 9.54. The molecule has 0 aliphatic carbocycles. The van der Waals surface area contributed by atoms with Crippen molar-refractivity contribution in [2.24, 2.45) is 0 Å². The van der Waals surface area contributed by atoms with Crippen molar-refractivity contribution in [3.63, 3.8) is 0 Å². The first-order chi connectivity index (χ1) is 7.61. The number of hydrogen-bond acceptors (Lipinski definition) is 4. The van der Waals surface area contributed by atoms with Gasteiger partial charge in [0.1, 0.15) is 5.75 Å². The number of ether oxygens (including phenoxy) is 2. The van der Waals surface area contributed by atoms with Crippen LogP contribution in [0.15, 0.2) is 24.3 Å². The van der Waals surface area contributed by atoms with Crippen LogP contribution in [0.2, 0.25) is 0 Å². The molecule has 1 amide bonds. The van der Waals surface area contributed by atoms with E-state index in [-0.39, 0.29) is 5.97 Å². The molecule has 0 aromatic heterocycles. The lowest BCUT2D eigenvalue weighted by Gasteiger charge is -2.06. The van der Waals surface area contributed by atoms with E-state index in [0.717, 1.165) is 0 Å². The summed E-state index contributed by atoms with van der Waals surface area (Å²) in [5, 5.41) is 2.52. The summed E-state index contributed by atoms with van der Waals surface area (Å²) in [5.41, 5.74) is 0.578. The van der Waals surface area contributed by atoms with Crippen LogP contribution in [0.4, 0.5) is 10.5 Å². The Morgan fingerprint density at radius 1 is 1.25 bits per heavy atom. The van der Waals surface area contributed by atoms with Crippen molar-refractivity contribution in [2.75, 3.05) is 11.9 Å². The van der Waals surface area contributed by atoms with Crippen molar-refractivity contribution >= 4 is 17.7 Å². The second kappa shape index (κ2) is 5.75. The third-order valence-electron chi connectivity index (χ3n) is 1.64. The van der Waals surface area contributed by atoms with E-state index in [0.29, 0.717) is 18.0 Å². The number of benzene rings is 1. The Bertz CT molecular complexity index is 372. The van der Waals surface area contributed by atoms with Crippen molar-refractivity contribution < 1.29 is 19.1 Å². The number of esters is 1. The lowest BCUT2D eigenvalue weighted by atomic mass is 10.3. The highest BCUT2D eigenvalue weighted by atomic mass is 16.5. The number of anilines is 1. The summed E-state index contributed by atoms with van der Waals surface area (Å²) in [6.45, 7) is 3.37. The van der Waals surface area contributed by atoms with Gasteiger partial charge in [0.2, 0.25) is 0 Å². The molecule has 0 atom stereocenters. The molecule has 0 bridgehead atoms. The number of nitrogens with one attached hydrogen (secondary N) is 1. The van der Waals surface area contributed by atoms with E-state index >= 15 is 0 Å². The van der Waals surface area contributed by atoms with Crippen molar-refractivity contribution in [1.82, 2.24) is 0 Å². The van der Waals surface area contributed by atoms with Gasteiger partial charge in [-0.05, 0) is 31.2 Å². The van der Waals surface area contributed by atoms with E-state index in [2.05, 4.69) is 5.32 Å². The molecule has 0 aliphatic rings. The molecular formula is C11H13NO4. The summed E-state index contributed by atoms with van der Waals surface area (Å²) in [6, 6.07) is 6.41. The second-order valence-electron chi connectivity index (χ2n) is 2.96. The summed E-state index contributed by atoms with van der Waals surface area (Å²) in [7, 11) is 0. The molecule has 1 rings (SSSR count). The maximum Gasteiger partial charge on any atom is 0.411 e. The molecule has 1 aromatic rings. The number of rotatable bonds is 3. The van der Waals surface area contributed by atoms with E-state index in [1.165, 1.54) is 6.92 Å². The fraction of sp³-hybridized carbons (Fsp3) is 0.273. The van der Waals surface area contributed by atoms with Crippen LogP contribution >= 0.6 is 0 Å². The normalized spacial score (nSPS) is 9.38. The van der Waals surface area contributed by atoms with Gasteiger partial charge in [0, 0.05) is 12.6 Å². The minimum atomic E-state index is -0.511. The van der Waals surface area contributed by atoms with Crippen LogP contribution in [0.3, 0.4) is 0 Å². The van der Waals surface area contributed by atoms with Gasteiger partial charge in [0.25, 0.3) is 0 Å². The average Bonchev–Trinajstić information content (AvgIpc) is 2.20. The Hall–Kier alpha value is -2.04. The maximum absolute atomic E-state index is 11.1. The van der Waals surface area contributed by atoms with Crippen molar-refractivity contribution in [3.05, 3.63) is 24.3 Å². The Balaban J connectivity index is 2.57. The smallest absolute Gasteiger partial charge is 0.411 e. The quantitative estimate of drug-likeness (QED) is 0.630. The van der Waals surface area contributed by atoms with Gasteiger partial charge in [-0.15, -0.1) is 0 Å². The predicted octanol–water partition coefficient (Wildman–Crippen LogP) is 2.18. The van der Waals surface area contributed by atoms with Crippen LogP contribution in [0.1, 0.15) is 13.8 Å². The maximum atomic E-state index is 11.1. The summed E-state index contributed by atoms with van der Waals surface area (Å²) >= 11 is 0. The van der Waals surface area contributed by atoms with Crippen LogP contribution in [0.25, 0.3) is 0 Å². The van der Waals surface area contributed by atoms with Gasteiger partial charge < -0.3 is 9.47 Å². The fourth-order valence-electron chi connectivity index (χ4n) is 1.06. The molecule has 5 nitrogen and oxygen atoms in total. The molecule has 1 aromatic carbocycles. The zero-order valence-electron chi connectivity index (χ0n) is 9.15. The number of amides is 1. The van der Waals surface area contributed by atoms with Crippen LogP contribution in [-0.2, 0) is 9.53 Å². The Labute approximate surface area is 93.4 Å². The molecular weight excluding hydrogens is 210 g/mol. The minimum Gasteiger partial charge on any atom is -0.450 e. The zero-order chi connectivity index (χ0) is 12.0. The summed E-state index contributed by atoms with van der Waals surface area (Å²) in [5.74, 6) is 0.0491. The monoisotopic (exact) mass is 223 g/mol. The van der Waals surface area contributed by atoms with Gasteiger partial charge in [-0.2, -0.15) is 0 Å². The second-order valence-corrected chi connectivity index (χ2v) is 2.96. The fourth-order valence-corrected chi connectivity index (χ4v) is 1.06. The standard InChI is InChI=1S/C11H13NO4/c1-3-15-11(14)12-9-4-6-10(7-5-9)16-8(2)13/h4-7H,3H2,1-2H3,(H,12,14). The van der Waals surface area contributed by atoms with E-state index in [4.69, 9.17) is 9.47 Å². The first-order valence-electron chi connectivity index (χ1n) is 4.84. The molecule has 0 unspecified atom stereocenters. The van der Waals surface area contributed by atoms with E-state index in [1.807, 2.05) is 0 Å². The highest BCUT2D eigenvalue weighted by Gasteiger charge is 2.02. The van der Waals surface area contributed by atoms with Gasteiger partial charge in [-0.3, -0.25) is 10.1 Å². The molecule has 0 saturated heterocycles. The van der Waals surface area contributed by atoms with E-state index in [1.54, 1.807) is 31.2 Å². The zero-order valence-corrected chi connectivity index (χ0v) is 9.15. The molecule has 0 radical (unpaired) electrons. The van der Waals surface area contributed by atoms with Crippen molar-refractivity contribution in [3.8, 4) is 5.75 Å².